The molecule has 35 heavy (non-hydrogen) atoms. The highest BCUT2D eigenvalue weighted by Crippen LogP contribution is 2.34. The minimum absolute atomic E-state index is 0.0189. The van der Waals surface area contributed by atoms with E-state index in [1.54, 1.807) is 59.5 Å². The Hall–Kier alpha value is -3.42. The quantitative estimate of drug-likeness (QED) is 0.356. The Morgan fingerprint density at radius 2 is 1.57 bits per heavy atom. The average Bonchev–Trinajstić information content (AvgIpc) is 2.86. The number of halogens is 2. The van der Waals surface area contributed by atoms with Gasteiger partial charge in [-0.3, -0.25) is 9.59 Å². The lowest BCUT2D eigenvalue weighted by Crippen LogP contribution is -2.39. The average molecular weight is 515 g/mol. The molecule has 0 spiro atoms. The molecule has 0 aromatic heterocycles. The van der Waals surface area contributed by atoms with E-state index in [1.807, 2.05) is 12.1 Å². The van der Waals surface area contributed by atoms with Crippen molar-refractivity contribution in [3.63, 3.8) is 0 Å². The number of amides is 2. The number of nitrogens with zero attached hydrogens (tertiary/aromatic N) is 1. The summed E-state index contributed by atoms with van der Waals surface area (Å²) in [5.41, 5.74) is 1.17. The monoisotopic (exact) mass is 514 g/mol. The molecule has 0 unspecified atom stereocenters. The summed E-state index contributed by atoms with van der Waals surface area (Å²) in [5, 5.41) is 4.04. The van der Waals surface area contributed by atoms with E-state index in [2.05, 4.69) is 5.32 Å². The number of unbranched alkanes of at least 4 members (excludes halogenated alkanes) is 1. The molecular formula is C26H24Cl2N2O5. The molecule has 0 atom stereocenters. The van der Waals surface area contributed by atoms with Gasteiger partial charge in [-0.15, -0.1) is 0 Å². The number of fused-ring (bicyclic) bond motifs is 1. The lowest BCUT2D eigenvalue weighted by atomic mass is 10.2. The fraction of sp³-hybridized carbons (Fsp3) is 0.231. The maximum absolute atomic E-state index is 12.5. The summed E-state index contributed by atoms with van der Waals surface area (Å²) < 4.78 is 16.8. The second kappa shape index (κ2) is 11.8. The molecule has 1 aliphatic rings. The zero-order valence-corrected chi connectivity index (χ0v) is 20.3. The van der Waals surface area contributed by atoms with Crippen molar-refractivity contribution in [2.75, 3.05) is 36.6 Å². The number of ether oxygens (including phenoxy) is 3. The molecule has 2 amide bonds. The van der Waals surface area contributed by atoms with Crippen LogP contribution in [0.2, 0.25) is 10.0 Å². The minimum atomic E-state index is -0.325. The summed E-state index contributed by atoms with van der Waals surface area (Å²) in [6.45, 7) is 0.855. The normalized spacial score (nSPS) is 12.5. The summed E-state index contributed by atoms with van der Waals surface area (Å²) in [6, 6.07) is 19.2. The first-order valence-corrected chi connectivity index (χ1v) is 11.9. The molecule has 0 bridgehead atoms. The summed E-state index contributed by atoms with van der Waals surface area (Å²) in [4.78, 5) is 26.6. The van der Waals surface area contributed by atoms with Crippen LogP contribution >= 0.6 is 23.2 Å². The molecule has 9 heteroatoms. The predicted octanol–water partition coefficient (Wildman–Crippen LogP) is 5.60. The Balaban J connectivity index is 1.30. The van der Waals surface area contributed by atoms with E-state index in [4.69, 9.17) is 37.4 Å². The van der Waals surface area contributed by atoms with Gasteiger partial charge in [0.25, 0.3) is 11.8 Å². The summed E-state index contributed by atoms with van der Waals surface area (Å²) >= 11 is 11.7. The van der Waals surface area contributed by atoms with Crippen LogP contribution in [0.1, 0.15) is 12.8 Å². The Morgan fingerprint density at radius 3 is 2.26 bits per heavy atom. The number of hydrogen-bond acceptors (Lipinski definition) is 5. The van der Waals surface area contributed by atoms with Crippen molar-refractivity contribution in [3.8, 4) is 17.2 Å². The van der Waals surface area contributed by atoms with Crippen LogP contribution in [0.4, 0.5) is 11.4 Å². The second-order valence-corrected chi connectivity index (χ2v) is 8.69. The maximum atomic E-state index is 12.5. The molecular weight excluding hydrogens is 491 g/mol. The highest BCUT2D eigenvalue weighted by atomic mass is 35.5. The van der Waals surface area contributed by atoms with E-state index < -0.39 is 0 Å². The van der Waals surface area contributed by atoms with Crippen molar-refractivity contribution in [3.05, 3.63) is 76.8 Å². The standard InChI is InChI=1S/C26H24Cl2N2O5/c27-18-3-8-21(9-4-18)33-14-2-1-13-30-23-15-20(7-12-24(23)35-17-26(30)32)29-25(31)16-34-22-10-5-19(28)6-11-22/h3-12,15H,1-2,13-14,16-17H2,(H,29,31). The largest absolute Gasteiger partial charge is 0.494 e. The Kier molecular flexibility index (Phi) is 8.34. The first-order valence-electron chi connectivity index (χ1n) is 11.1. The first-order chi connectivity index (χ1) is 17.0. The molecule has 182 valence electrons. The van der Waals surface area contributed by atoms with Crippen LogP contribution in [-0.4, -0.2) is 38.2 Å². The van der Waals surface area contributed by atoms with Crippen LogP contribution in [0.5, 0.6) is 17.2 Å². The molecule has 0 aliphatic carbocycles. The Bertz CT molecular complexity index is 1170. The summed E-state index contributed by atoms with van der Waals surface area (Å²) in [6.07, 6.45) is 1.51. The van der Waals surface area contributed by atoms with Gasteiger partial charge in [-0.05, 0) is 79.6 Å². The van der Waals surface area contributed by atoms with Crippen molar-refractivity contribution in [2.24, 2.45) is 0 Å². The van der Waals surface area contributed by atoms with Crippen LogP contribution in [0.25, 0.3) is 0 Å². The summed E-state index contributed by atoms with van der Waals surface area (Å²) in [5.74, 6) is 1.43. The Morgan fingerprint density at radius 1 is 0.914 bits per heavy atom. The van der Waals surface area contributed by atoms with E-state index in [0.29, 0.717) is 46.1 Å². The molecule has 0 saturated carbocycles. The zero-order chi connectivity index (χ0) is 24.6. The van der Waals surface area contributed by atoms with Gasteiger partial charge in [0.2, 0.25) is 0 Å². The third kappa shape index (κ3) is 7.04. The second-order valence-electron chi connectivity index (χ2n) is 7.82. The summed E-state index contributed by atoms with van der Waals surface area (Å²) in [7, 11) is 0. The van der Waals surface area contributed by atoms with Crippen molar-refractivity contribution in [1.82, 2.24) is 0 Å². The van der Waals surface area contributed by atoms with Crippen molar-refractivity contribution in [1.29, 1.82) is 0 Å². The molecule has 0 saturated heterocycles. The van der Waals surface area contributed by atoms with Crippen molar-refractivity contribution >= 4 is 46.4 Å². The Labute approximate surface area is 213 Å². The third-order valence-corrected chi connectivity index (χ3v) is 5.73. The van der Waals surface area contributed by atoms with E-state index in [1.165, 1.54) is 0 Å². The molecule has 1 aliphatic heterocycles. The molecule has 7 nitrogen and oxygen atoms in total. The van der Waals surface area contributed by atoms with E-state index in [-0.39, 0.29) is 25.0 Å². The molecule has 0 radical (unpaired) electrons. The number of benzene rings is 3. The number of nitrogens with one attached hydrogen (secondary N) is 1. The molecule has 4 rings (SSSR count). The number of rotatable bonds is 10. The number of carbonyl (C=O) groups excluding carboxylic acids is 2. The lowest BCUT2D eigenvalue weighted by Gasteiger charge is -2.30. The minimum Gasteiger partial charge on any atom is -0.494 e. The highest BCUT2D eigenvalue weighted by Gasteiger charge is 2.25. The third-order valence-electron chi connectivity index (χ3n) is 5.23. The van der Waals surface area contributed by atoms with Crippen LogP contribution in [0, 0.1) is 0 Å². The lowest BCUT2D eigenvalue weighted by molar-refractivity contribution is -0.121. The zero-order valence-electron chi connectivity index (χ0n) is 18.8. The highest BCUT2D eigenvalue weighted by molar-refractivity contribution is 6.30. The van der Waals surface area contributed by atoms with E-state index >= 15 is 0 Å². The molecule has 3 aromatic carbocycles. The van der Waals surface area contributed by atoms with Gasteiger partial charge in [0.05, 0.1) is 12.3 Å². The van der Waals surface area contributed by atoms with E-state index in [9.17, 15) is 9.59 Å². The number of hydrogen-bond donors (Lipinski definition) is 1. The van der Waals surface area contributed by atoms with Crippen LogP contribution in [0.15, 0.2) is 66.7 Å². The maximum Gasteiger partial charge on any atom is 0.265 e. The SMILES string of the molecule is O=C(COc1ccc(Cl)cc1)Nc1ccc2c(c1)N(CCCCOc1ccc(Cl)cc1)C(=O)CO2. The van der Waals surface area contributed by atoms with Crippen LogP contribution in [-0.2, 0) is 9.59 Å². The van der Waals surface area contributed by atoms with Gasteiger partial charge in [-0.25, -0.2) is 0 Å². The smallest absolute Gasteiger partial charge is 0.265 e. The van der Waals surface area contributed by atoms with Gasteiger partial charge in [0.1, 0.15) is 17.2 Å². The van der Waals surface area contributed by atoms with Crippen LogP contribution < -0.4 is 24.4 Å². The van der Waals surface area contributed by atoms with Crippen LogP contribution in [0.3, 0.4) is 0 Å². The van der Waals surface area contributed by atoms with Gasteiger partial charge in [0.15, 0.2) is 13.2 Å². The van der Waals surface area contributed by atoms with Gasteiger partial charge in [-0.1, -0.05) is 23.2 Å². The van der Waals surface area contributed by atoms with E-state index in [0.717, 1.165) is 18.6 Å². The fourth-order valence-corrected chi connectivity index (χ4v) is 3.75. The van der Waals surface area contributed by atoms with Crippen molar-refractivity contribution < 1.29 is 23.8 Å². The van der Waals surface area contributed by atoms with Crippen molar-refractivity contribution in [2.45, 2.75) is 12.8 Å². The predicted molar refractivity (Wildman–Crippen MR) is 136 cm³/mol. The molecule has 1 N–H and O–H groups in total. The van der Waals surface area contributed by atoms with Gasteiger partial charge >= 0.3 is 0 Å². The fourth-order valence-electron chi connectivity index (χ4n) is 3.49. The van der Waals surface area contributed by atoms with Gasteiger partial charge in [-0.2, -0.15) is 0 Å². The first kappa shape index (κ1) is 24.7. The number of anilines is 2. The number of carbonyl (C=O) groups is 2. The molecule has 3 aromatic rings. The molecule has 0 fully saturated rings. The van der Waals surface area contributed by atoms with Gasteiger partial charge < -0.3 is 24.4 Å². The van der Waals surface area contributed by atoms with Gasteiger partial charge in [0, 0.05) is 22.3 Å². The topological polar surface area (TPSA) is 77.1 Å². The molecule has 1 heterocycles.